The quantitative estimate of drug-likeness (QED) is 0.258. The van der Waals surface area contributed by atoms with E-state index >= 15 is 0 Å². The van der Waals surface area contributed by atoms with Gasteiger partial charge in [-0.2, -0.15) is 0 Å². The van der Waals surface area contributed by atoms with Crippen LogP contribution >= 0.6 is 0 Å². The van der Waals surface area contributed by atoms with E-state index in [2.05, 4.69) is 13.5 Å². The van der Waals surface area contributed by atoms with Gasteiger partial charge in [-0.15, -0.1) is 6.58 Å². The van der Waals surface area contributed by atoms with E-state index in [4.69, 9.17) is 5.11 Å². The van der Waals surface area contributed by atoms with Crippen molar-refractivity contribution in [1.82, 2.24) is 0 Å². The van der Waals surface area contributed by atoms with Gasteiger partial charge in [0.2, 0.25) is 0 Å². The third kappa shape index (κ3) is 9.50. The highest BCUT2D eigenvalue weighted by Crippen LogP contribution is 2.34. The molecule has 1 unspecified atom stereocenters. The highest BCUT2D eigenvalue weighted by molar-refractivity contribution is 5.84. The molecule has 1 fully saturated rings. The molecule has 1 rings (SSSR count). The van der Waals surface area contributed by atoms with Crippen molar-refractivity contribution in [2.24, 2.45) is 11.8 Å². The van der Waals surface area contributed by atoms with Gasteiger partial charge < -0.3 is 15.3 Å². The summed E-state index contributed by atoms with van der Waals surface area (Å²) in [5.41, 5.74) is -0.945. The van der Waals surface area contributed by atoms with Gasteiger partial charge in [0.05, 0.1) is 11.7 Å². The monoisotopic (exact) mass is 420 g/mol. The second-order valence-electron chi connectivity index (χ2n) is 8.47. The van der Waals surface area contributed by atoms with Gasteiger partial charge in [0.1, 0.15) is 12.4 Å². The second-order valence-corrected chi connectivity index (χ2v) is 8.47. The number of unbranched alkanes of at least 4 members (excludes halogenated alkanes) is 4. The molecule has 0 aromatic heterocycles. The van der Waals surface area contributed by atoms with Crippen LogP contribution in [0.2, 0.25) is 0 Å². The summed E-state index contributed by atoms with van der Waals surface area (Å²) in [4.78, 5) is 23.4. The lowest BCUT2D eigenvalue weighted by Crippen LogP contribution is -2.25. The lowest BCUT2D eigenvalue weighted by atomic mass is 9.88. The number of aliphatic hydroxyl groups excluding tert-OH is 2. The van der Waals surface area contributed by atoms with E-state index in [0.717, 1.165) is 32.1 Å². The lowest BCUT2D eigenvalue weighted by molar-refractivity contribution is -0.122. The molecule has 0 heterocycles. The van der Waals surface area contributed by atoms with Gasteiger partial charge in [-0.05, 0) is 32.1 Å². The van der Waals surface area contributed by atoms with Gasteiger partial charge in [0.15, 0.2) is 5.78 Å². The van der Waals surface area contributed by atoms with E-state index in [-0.39, 0.29) is 29.8 Å². The zero-order valence-corrected chi connectivity index (χ0v) is 18.5. The molecule has 0 spiro atoms. The first kappa shape index (κ1) is 26.5. The van der Waals surface area contributed by atoms with Crippen LogP contribution in [0.5, 0.6) is 0 Å². The zero-order chi connectivity index (χ0) is 22.4. The summed E-state index contributed by atoms with van der Waals surface area (Å²) in [6.07, 6.45) is 16.5. The van der Waals surface area contributed by atoms with Crippen LogP contribution in [0.4, 0.5) is 0 Å². The van der Waals surface area contributed by atoms with Crippen molar-refractivity contribution in [2.75, 3.05) is 6.61 Å². The molecule has 5 heteroatoms. The Labute approximate surface area is 181 Å². The number of rotatable bonds is 16. The highest BCUT2D eigenvalue weighted by Gasteiger charge is 2.39. The van der Waals surface area contributed by atoms with E-state index in [1.54, 1.807) is 6.08 Å². The maximum absolute atomic E-state index is 12.3. The molecule has 1 aliphatic rings. The number of hydrogen-bond acceptors (Lipinski definition) is 5. The Kier molecular flexibility index (Phi) is 12.7. The van der Waals surface area contributed by atoms with E-state index in [1.165, 1.54) is 0 Å². The normalized spacial score (nSPS) is 24.0. The number of ketones is 2. The number of Topliss-reactive ketones (excluding diaryl/α,β-unsaturated/α-hetero) is 2. The maximum Gasteiger partial charge on any atom is 0.158 e. The molecule has 0 radical (unpaired) electrons. The van der Waals surface area contributed by atoms with E-state index in [9.17, 15) is 19.8 Å². The maximum atomic E-state index is 12.3. The van der Waals surface area contributed by atoms with Crippen molar-refractivity contribution in [3.63, 3.8) is 0 Å². The molecular formula is C25H40O5. The molecule has 5 nitrogen and oxygen atoms in total. The van der Waals surface area contributed by atoms with Gasteiger partial charge >= 0.3 is 0 Å². The minimum atomic E-state index is -0.945. The van der Waals surface area contributed by atoms with Gasteiger partial charge in [-0.1, -0.05) is 63.0 Å². The van der Waals surface area contributed by atoms with Crippen LogP contribution in [0.15, 0.2) is 37.0 Å². The van der Waals surface area contributed by atoms with Crippen LogP contribution < -0.4 is 0 Å². The molecule has 0 aliphatic heterocycles. The fourth-order valence-corrected chi connectivity index (χ4v) is 3.96. The molecule has 4 atom stereocenters. The minimum absolute atomic E-state index is 0.0656. The molecule has 3 N–H and O–H groups in total. The van der Waals surface area contributed by atoms with Crippen LogP contribution in [-0.4, -0.2) is 45.2 Å². The van der Waals surface area contributed by atoms with Crippen molar-refractivity contribution in [3.8, 4) is 0 Å². The number of aliphatic hydroxyl groups is 3. The van der Waals surface area contributed by atoms with Gasteiger partial charge in [0.25, 0.3) is 0 Å². The minimum Gasteiger partial charge on any atom is -0.392 e. The number of hydrogen-bond donors (Lipinski definition) is 3. The average Bonchev–Trinajstić information content (AvgIpc) is 3.00. The molecule has 1 aliphatic carbocycles. The third-order valence-electron chi connectivity index (χ3n) is 5.97. The molecule has 0 aromatic carbocycles. The molecule has 0 bridgehead atoms. The van der Waals surface area contributed by atoms with Crippen molar-refractivity contribution < 1.29 is 24.9 Å². The molecule has 0 saturated heterocycles. The van der Waals surface area contributed by atoms with Crippen molar-refractivity contribution >= 4 is 11.6 Å². The standard InChI is InChI=1S/C25H40O5/c1-3-5-6-11-16-25(30,4-2)17-12-15-22-21(23(28)18-24(22)29)14-10-8-7-9-13-20(27)19-26/h4,8,10,12,15,21-22,24,26,29-30H,2-3,5-7,9,11,13-14,16-19H2,1H3/b10-8-,15-12+/t21-,22-,24-,25?/m1/s1. The van der Waals surface area contributed by atoms with Crippen LogP contribution in [-0.2, 0) is 9.59 Å². The first-order valence-electron chi connectivity index (χ1n) is 11.4. The fraction of sp³-hybridized carbons (Fsp3) is 0.680. The third-order valence-corrected chi connectivity index (χ3v) is 5.97. The summed E-state index contributed by atoms with van der Waals surface area (Å²) in [6, 6.07) is 0. The first-order chi connectivity index (χ1) is 14.4. The van der Waals surface area contributed by atoms with E-state index in [0.29, 0.717) is 32.1 Å². The second kappa shape index (κ2) is 14.4. The Balaban J connectivity index is 2.55. The summed E-state index contributed by atoms with van der Waals surface area (Å²) < 4.78 is 0. The highest BCUT2D eigenvalue weighted by atomic mass is 16.3. The average molecular weight is 421 g/mol. The van der Waals surface area contributed by atoms with Crippen LogP contribution in [0.3, 0.4) is 0 Å². The van der Waals surface area contributed by atoms with Gasteiger partial charge in [-0.25, -0.2) is 0 Å². The fourth-order valence-electron chi connectivity index (χ4n) is 3.96. The van der Waals surface area contributed by atoms with Gasteiger partial charge in [0, 0.05) is 24.7 Å². The summed E-state index contributed by atoms with van der Waals surface area (Å²) >= 11 is 0. The lowest BCUT2D eigenvalue weighted by Gasteiger charge is -2.23. The largest absolute Gasteiger partial charge is 0.392 e. The Hall–Kier alpha value is -1.56. The smallest absolute Gasteiger partial charge is 0.158 e. The van der Waals surface area contributed by atoms with Crippen molar-refractivity contribution in [1.29, 1.82) is 0 Å². The number of allylic oxidation sites excluding steroid dienone is 2. The Bertz CT molecular complexity index is 594. The Morgan fingerprint density at radius 3 is 2.63 bits per heavy atom. The first-order valence-corrected chi connectivity index (χ1v) is 11.4. The van der Waals surface area contributed by atoms with E-state index < -0.39 is 18.3 Å². The SMILES string of the molecule is C=CC(O)(C/C=C/[C@H]1[C@H](O)CC(=O)[C@@H]1C/C=C\CCCC(=O)CO)CCCCCC. The molecule has 0 amide bonds. The van der Waals surface area contributed by atoms with Gasteiger partial charge in [-0.3, -0.25) is 9.59 Å². The molecular weight excluding hydrogens is 380 g/mol. The molecule has 1 saturated carbocycles. The summed E-state index contributed by atoms with van der Waals surface area (Å²) in [6.45, 7) is 5.52. The van der Waals surface area contributed by atoms with Crippen molar-refractivity contribution in [3.05, 3.63) is 37.0 Å². The van der Waals surface area contributed by atoms with Crippen LogP contribution in [0, 0.1) is 11.8 Å². The summed E-state index contributed by atoms with van der Waals surface area (Å²) in [5.74, 6) is -0.594. The molecule has 170 valence electrons. The summed E-state index contributed by atoms with van der Waals surface area (Å²) in [7, 11) is 0. The predicted octanol–water partition coefficient (Wildman–Crippen LogP) is 4.06. The van der Waals surface area contributed by atoms with Crippen LogP contribution in [0.1, 0.15) is 77.6 Å². The number of carbonyl (C=O) groups excluding carboxylic acids is 2. The van der Waals surface area contributed by atoms with E-state index in [1.807, 2.05) is 24.3 Å². The summed E-state index contributed by atoms with van der Waals surface area (Å²) in [5, 5.41) is 29.7. The van der Waals surface area contributed by atoms with Crippen molar-refractivity contribution in [2.45, 2.75) is 89.3 Å². The Morgan fingerprint density at radius 2 is 1.97 bits per heavy atom. The predicted molar refractivity (Wildman–Crippen MR) is 120 cm³/mol. The molecule has 0 aromatic rings. The molecule has 30 heavy (non-hydrogen) atoms. The van der Waals surface area contributed by atoms with Crippen LogP contribution in [0.25, 0.3) is 0 Å². The number of carbonyl (C=O) groups is 2. The Morgan fingerprint density at radius 1 is 1.20 bits per heavy atom. The topological polar surface area (TPSA) is 94.8 Å². The zero-order valence-electron chi connectivity index (χ0n) is 18.5.